The second kappa shape index (κ2) is 7.18. The maximum Gasteiger partial charge on any atom is 0.416 e. The van der Waals surface area contributed by atoms with Crippen molar-refractivity contribution in [2.45, 2.75) is 12.7 Å². The lowest BCUT2D eigenvalue weighted by molar-refractivity contribution is -0.251. The molecule has 0 saturated carbocycles. The van der Waals surface area contributed by atoms with E-state index in [4.69, 9.17) is 0 Å². The van der Waals surface area contributed by atoms with Crippen molar-refractivity contribution in [3.8, 4) is 0 Å². The van der Waals surface area contributed by atoms with Crippen LogP contribution in [0.15, 0.2) is 42.6 Å². The molecule has 0 fully saturated rings. The lowest BCUT2D eigenvalue weighted by Crippen LogP contribution is -2.29. The Morgan fingerprint density at radius 3 is 2.61 bits per heavy atom. The molecule has 146 valence electrons. The van der Waals surface area contributed by atoms with Gasteiger partial charge in [0, 0.05) is 17.5 Å². The van der Waals surface area contributed by atoms with Crippen LogP contribution < -0.4 is 15.7 Å². The fourth-order valence-corrected chi connectivity index (χ4v) is 2.53. The Balaban J connectivity index is 1.74. The fraction of sp³-hybridized carbons (Fsp3) is 0.118. The molecule has 3 aromatic rings. The predicted molar refractivity (Wildman–Crippen MR) is 87.8 cm³/mol. The van der Waals surface area contributed by atoms with Gasteiger partial charge in [0.05, 0.1) is 23.0 Å². The van der Waals surface area contributed by atoms with E-state index in [0.717, 1.165) is 0 Å². The molecule has 2 amide bonds. The van der Waals surface area contributed by atoms with Crippen molar-refractivity contribution in [2.24, 2.45) is 0 Å². The van der Waals surface area contributed by atoms with Gasteiger partial charge in [-0.1, -0.05) is 6.07 Å². The summed E-state index contributed by atoms with van der Waals surface area (Å²) in [6.07, 6.45) is -5.00. The van der Waals surface area contributed by atoms with Crippen molar-refractivity contribution < 1.29 is 32.3 Å². The summed E-state index contributed by atoms with van der Waals surface area (Å²) in [7, 11) is 0. The molecule has 0 radical (unpaired) electrons. The van der Waals surface area contributed by atoms with E-state index in [0.29, 0.717) is 28.3 Å². The third kappa shape index (κ3) is 3.87. The minimum atomic E-state index is -4.64. The van der Waals surface area contributed by atoms with Gasteiger partial charge in [-0.3, -0.25) is 0 Å². The number of alkyl halides is 3. The number of anilines is 1. The van der Waals surface area contributed by atoms with Gasteiger partial charge in [0.25, 0.3) is 0 Å². The number of nitrogens with zero attached hydrogens (tertiary/aromatic N) is 2. The summed E-state index contributed by atoms with van der Waals surface area (Å²) in [5, 5.41) is 19.6. The largest absolute Gasteiger partial charge is 0.528 e. The molecule has 0 aliphatic heterocycles. The van der Waals surface area contributed by atoms with Crippen LogP contribution in [0.4, 0.5) is 32.8 Å². The number of fused-ring (bicyclic) bond motifs is 1. The third-order valence-electron chi connectivity index (χ3n) is 3.85. The van der Waals surface area contributed by atoms with Crippen LogP contribution in [0.1, 0.15) is 11.1 Å². The average Bonchev–Trinajstić information content (AvgIpc) is 3.05. The first-order valence-electron chi connectivity index (χ1n) is 7.75. The molecule has 0 aliphatic rings. The molecule has 0 unspecified atom stereocenters. The standard InChI is InChI=1S/C17H12F4N4O3/c18-12-5-4-10(17(19,20)21)6-9(12)7-22-15(26)24-13-2-1-3-14-11(13)8-23-25(14)16(27)28/h1-6,8H,7H2,(H,27,28)(H2,22,24,26)/p-1. The molecule has 0 atom stereocenters. The molecule has 3 rings (SSSR count). The first-order valence-corrected chi connectivity index (χ1v) is 7.75. The van der Waals surface area contributed by atoms with Crippen molar-refractivity contribution in [3.05, 3.63) is 59.5 Å². The van der Waals surface area contributed by atoms with Gasteiger partial charge >= 0.3 is 12.2 Å². The number of nitrogens with one attached hydrogen (secondary N) is 2. The molecule has 0 aliphatic carbocycles. The van der Waals surface area contributed by atoms with Crippen molar-refractivity contribution in [1.29, 1.82) is 0 Å². The lowest BCUT2D eigenvalue weighted by Gasteiger charge is -2.12. The van der Waals surface area contributed by atoms with E-state index in [-0.39, 0.29) is 16.8 Å². The van der Waals surface area contributed by atoms with Gasteiger partial charge < -0.3 is 20.5 Å². The second-order valence-electron chi connectivity index (χ2n) is 5.67. The first-order chi connectivity index (χ1) is 13.2. The van der Waals surface area contributed by atoms with Crippen molar-refractivity contribution in [3.63, 3.8) is 0 Å². The molecule has 1 heterocycles. The number of amides is 2. The summed E-state index contributed by atoms with van der Waals surface area (Å²) in [4.78, 5) is 23.0. The highest BCUT2D eigenvalue weighted by atomic mass is 19.4. The summed E-state index contributed by atoms with van der Waals surface area (Å²) >= 11 is 0. The van der Waals surface area contributed by atoms with Crippen LogP contribution in [-0.4, -0.2) is 21.9 Å². The van der Waals surface area contributed by atoms with E-state index in [1.807, 2.05) is 0 Å². The Morgan fingerprint density at radius 1 is 1.18 bits per heavy atom. The molecule has 0 bridgehead atoms. The number of carbonyl (C=O) groups excluding carboxylic acids is 2. The van der Waals surface area contributed by atoms with Crippen LogP contribution in [0.25, 0.3) is 10.9 Å². The molecule has 11 heteroatoms. The third-order valence-corrected chi connectivity index (χ3v) is 3.85. The molecule has 7 nitrogen and oxygen atoms in total. The Bertz CT molecular complexity index is 1060. The number of carboxylic acid groups (broad SMARTS) is 1. The number of hydrogen-bond donors (Lipinski definition) is 2. The van der Waals surface area contributed by atoms with E-state index in [1.54, 1.807) is 0 Å². The van der Waals surface area contributed by atoms with Gasteiger partial charge in [0.2, 0.25) is 0 Å². The normalized spacial score (nSPS) is 11.4. The maximum atomic E-state index is 13.7. The van der Waals surface area contributed by atoms with Crippen LogP contribution in [0, 0.1) is 5.82 Å². The molecule has 28 heavy (non-hydrogen) atoms. The maximum absolute atomic E-state index is 13.7. The topological polar surface area (TPSA) is 99.1 Å². The van der Waals surface area contributed by atoms with Crippen molar-refractivity contribution in [1.82, 2.24) is 15.1 Å². The molecule has 2 aromatic carbocycles. The Hall–Kier alpha value is -3.63. The summed E-state index contributed by atoms with van der Waals surface area (Å²) in [6, 6.07) is 5.44. The van der Waals surface area contributed by atoms with Crippen LogP contribution in [0.5, 0.6) is 0 Å². The number of benzene rings is 2. The smallest absolute Gasteiger partial charge is 0.416 e. The Kier molecular flexibility index (Phi) is 4.91. The highest BCUT2D eigenvalue weighted by Gasteiger charge is 2.31. The van der Waals surface area contributed by atoms with E-state index in [1.165, 1.54) is 24.4 Å². The molecule has 0 spiro atoms. The van der Waals surface area contributed by atoms with Gasteiger partial charge in [-0.2, -0.15) is 18.3 Å². The molecule has 2 N–H and O–H groups in total. The zero-order valence-corrected chi connectivity index (χ0v) is 13.9. The van der Waals surface area contributed by atoms with Gasteiger partial charge in [0.1, 0.15) is 5.82 Å². The summed E-state index contributed by atoms with van der Waals surface area (Å²) in [5.41, 5.74) is -1.01. The molecular weight excluding hydrogens is 384 g/mol. The quantitative estimate of drug-likeness (QED) is 0.666. The molecular formula is C17H11F4N4O3-. The lowest BCUT2D eigenvalue weighted by atomic mass is 10.1. The minimum Gasteiger partial charge on any atom is -0.528 e. The van der Waals surface area contributed by atoms with Crippen LogP contribution in [0.2, 0.25) is 0 Å². The molecule has 0 saturated heterocycles. The fourth-order valence-electron chi connectivity index (χ4n) is 2.53. The predicted octanol–water partition coefficient (Wildman–Crippen LogP) is 2.71. The zero-order valence-electron chi connectivity index (χ0n) is 13.9. The number of carbonyl (C=O) groups is 2. The number of rotatable bonds is 3. The Labute approximate surface area is 154 Å². The van der Waals surface area contributed by atoms with Gasteiger partial charge in [-0.15, -0.1) is 0 Å². The van der Waals surface area contributed by atoms with E-state index in [9.17, 15) is 32.3 Å². The van der Waals surface area contributed by atoms with Crippen LogP contribution in [0.3, 0.4) is 0 Å². The van der Waals surface area contributed by atoms with E-state index >= 15 is 0 Å². The van der Waals surface area contributed by atoms with Crippen molar-refractivity contribution >= 4 is 28.7 Å². The summed E-state index contributed by atoms with van der Waals surface area (Å²) in [5.74, 6) is -0.898. The van der Waals surface area contributed by atoms with Gasteiger partial charge in [-0.25, -0.2) is 13.9 Å². The summed E-state index contributed by atoms with van der Waals surface area (Å²) in [6.45, 7) is -0.490. The minimum absolute atomic E-state index is 0.168. The van der Waals surface area contributed by atoms with Crippen molar-refractivity contribution in [2.75, 3.05) is 5.32 Å². The van der Waals surface area contributed by atoms with Gasteiger partial charge in [0.15, 0.2) is 6.09 Å². The highest BCUT2D eigenvalue weighted by molar-refractivity contribution is 6.01. The van der Waals surface area contributed by atoms with Gasteiger partial charge in [-0.05, 0) is 30.3 Å². The highest BCUT2D eigenvalue weighted by Crippen LogP contribution is 2.30. The van der Waals surface area contributed by atoms with Crippen LogP contribution >= 0.6 is 0 Å². The number of urea groups is 1. The Morgan fingerprint density at radius 2 is 1.93 bits per heavy atom. The second-order valence-corrected chi connectivity index (χ2v) is 5.67. The number of halogens is 4. The number of aromatic nitrogens is 2. The first kappa shape index (κ1) is 19.1. The zero-order chi connectivity index (χ0) is 20.5. The van der Waals surface area contributed by atoms with Crippen LogP contribution in [-0.2, 0) is 12.7 Å². The SMILES string of the molecule is O=C(NCc1cc(C(F)(F)F)ccc1F)Nc1cccc2c1cnn2C(=O)[O-]. The average molecular weight is 395 g/mol. The number of hydrogen-bond acceptors (Lipinski definition) is 4. The summed E-state index contributed by atoms with van der Waals surface area (Å²) < 4.78 is 52.5. The van der Waals surface area contributed by atoms with E-state index < -0.39 is 36.2 Å². The molecule has 1 aromatic heterocycles. The monoisotopic (exact) mass is 395 g/mol. The van der Waals surface area contributed by atoms with E-state index in [2.05, 4.69) is 15.7 Å².